The highest BCUT2D eigenvalue weighted by Crippen LogP contribution is 2.77. The summed E-state index contributed by atoms with van der Waals surface area (Å²) in [4.78, 5) is 11.5. The Bertz CT molecular complexity index is 908. The van der Waals surface area contributed by atoms with Gasteiger partial charge in [0.2, 0.25) is 0 Å². The van der Waals surface area contributed by atoms with Gasteiger partial charge >= 0.3 is 5.63 Å². The molecule has 5 fully saturated rings. The van der Waals surface area contributed by atoms with E-state index in [0.29, 0.717) is 12.8 Å². The Labute approximate surface area is 176 Å². The van der Waals surface area contributed by atoms with E-state index in [4.69, 9.17) is 9.15 Å². The number of fused-ring (bicyclic) bond motifs is 3. The Morgan fingerprint density at radius 1 is 1.07 bits per heavy atom. The number of epoxide rings is 1. The van der Waals surface area contributed by atoms with E-state index < -0.39 is 23.2 Å². The molecule has 5 aliphatic rings. The number of ether oxygens (including phenoxy) is 1. The monoisotopic (exact) mass is 416 g/mol. The van der Waals surface area contributed by atoms with Gasteiger partial charge in [0.25, 0.3) is 0 Å². The van der Waals surface area contributed by atoms with Crippen LogP contribution in [0.15, 0.2) is 27.6 Å². The normalized spacial score (nSPS) is 56.4. The Morgan fingerprint density at radius 3 is 2.60 bits per heavy atom. The maximum atomic E-state index is 11.6. The van der Waals surface area contributed by atoms with Crippen molar-refractivity contribution in [3.63, 3.8) is 0 Å². The topological polar surface area (TPSA) is 103 Å². The molecule has 4 saturated carbocycles. The second-order valence-electron chi connectivity index (χ2n) is 11.2. The fourth-order valence-corrected chi connectivity index (χ4v) is 8.68. The molecule has 0 amide bonds. The van der Waals surface area contributed by atoms with Crippen molar-refractivity contribution in [1.82, 2.24) is 0 Å². The maximum Gasteiger partial charge on any atom is 0.335 e. The third-order valence-corrected chi connectivity index (χ3v) is 10.3. The quantitative estimate of drug-likeness (QED) is 0.607. The third kappa shape index (κ3) is 2.16. The molecule has 1 spiro atoms. The molecule has 1 aliphatic heterocycles. The summed E-state index contributed by atoms with van der Waals surface area (Å²) in [6, 6.07) is 3.26. The van der Waals surface area contributed by atoms with Crippen molar-refractivity contribution >= 4 is 0 Å². The molecule has 1 aromatic heterocycles. The molecule has 3 N–H and O–H groups in total. The molecule has 11 atom stereocenters. The molecular weight excluding hydrogens is 384 g/mol. The summed E-state index contributed by atoms with van der Waals surface area (Å²) in [7, 11) is 0. The van der Waals surface area contributed by atoms with Crippen LogP contribution in [0.4, 0.5) is 0 Å². The number of rotatable bonds is 1. The second kappa shape index (κ2) is 5.97. The maximum absolute atomic E-state index is 11.6. The van der Waals surface area contributed by atoms with Crippen molar-refractivity contribution in [2.24, 2.45) is 28.6 Å². The fourth-order valence-electron chi connectivity index (χ4n) is 8.68. The summed E-state index contributed by atoms with van der Waals surface area (Å²) >= 11 is 0. The first-order valence-electron chi connectivity index (χ1n) is 11.5. The third-order valence-electron chi connectivity index (χ3n) is 10.3. The first-order valence-corrected chi connectivity index (χ1v) is 11.5. The average molecular weight is 417 g/mol. The molecule has 1 aromatic rings. The minimum atomic E-state index is -0.558. The van der Waals surface area contributed by atoms with Crippen LogP contribution in [0.1, 0.15) is 63.9 Å². The van der Waals surface area contributed by atoms with Gasteiger partial charge in [-0.15, -0.1) is 0 Å². The molecule has 1 saturated heterocycles. The number of hydrogen-bond acceptors (Lipinski definition) is 6. The summed E-state index contributed by atoms with van der Waals surface area (Å²) in [5, 5.41) is 33.2. The van der Waals surface area contributed by atoms with E-state index in [0.717, 1.165) is 31.2 Å². The van der Waals surface area contributed by atoms with Gasteiger partial charge in [-0.1, -0.05) is 13.8 Å². The molecule has 4 aliphatic carbocycles. The largest absolute Gasteiger partial charge is 0.431 e. The number of aliphatic hydroxyl groups is 3. The van der Waals surface area contributed by atoms with Gasteiger partial charge < -0.3 is 24.5 Å². The van der Waals surface area contributed by atoms with Crippen molar-refractivity contribution in [2.45, 2.75) is 88.3 Å². The molecular formula is C24H32O6. The standard InChI is InChI=1S/C24H32O6/c1-22-6-5-14(25)7-13(22)8-17(26)21-16(22)9-18(27)23(2)15(10-19-24(21,23)30-19)12-3-4-20(28)29-11-12/h3-4,11,13-19,21,25-27H,5-10H2,1-2H3/t13-,14-,15-,16+,17+,18+,19-,21+,22+,23+,24+/m1/s1. The van der Waals surface area contributed by atoms with Gasteiger partial charge in [0.1, 0.15) is 5.60 Å². The lowest BCUT2D eigenvalue weighted by Gasteiger charge is -2.63. The molecule has 2 heterocycles. The Kier molecular flexibility index (Phi) is 3.88. The van der Waals surface area contributed by atoms with Crippen LogP contribution in [-0.4, -0.2) is 45.3 Å². The molecule has 0 bridgehead atoms. The van der Waals surface area contributed by atoms with Gasteiger partial charge in [-0.25, -0.2) is 4.79 Å². The molecule has 6 heteroatoms. The molecule has 6 nitrogen and oxygen atoms in total. The van der Waals surface area contributed by atoms with Crippen molar-refractivity contribution in [1.29, 1.82) is 0 Å². The van der Waals surface area contributed by atoms with E-state index in [2.05, 4.69) is 13.8 Å². The van der Waals surface area contributed by atoms with E-state index in [1.54, 1.807) is 0 Å². The predicted molar refractivity (Wildman–Crippen MR) is 108 cm³/mol. The van der Waals surface area contributed by atoms with E-state index in [1.807, 2.05) is 6.07 Å². The zero-order valence-electron chi connectivity index (χ0n) is 17.7. The van der Waals surface area contributed by atoms with Crippen LogP contribution >= 0.6 is 0 Å². The van der Waals surface area contributed by atoms with Gasteiger partial charge in [0, 0.05) is 23.3 Å². The summed E-state index contributed by atoms with van der Waals surface area (Å²) in [6.45, 7) is 4.43. The van der Waals surface area contributed by atoms with Gasteiger partial charge in [-0.05, 0) is 67.4 Å². The van der Waals surface area contributed by atoms with Crippen LogP contribution in [0.25, 0.3) is 0 Å². The molecule has 0 aromatic carbocycles. The summed E-state index contributed by atoms with van der Waals surface area (Å²) < 4.78 is 11.6. The SMILES string of the molecule is C[C@]12CC[C@@H](O)C[C@@H]1C[C@H](O)[C@@H]1[C@@H]2C[C@H](O)[C@]2(C)[C@@H](c3ccc(=O)oc3)C[C@H]3O[C@]132. The number of aliphatic hydroxyl groups excluding tert-OH is 3. The lowest BCUT2D eigenvalue weighted by molar-refractivity contribution is -0.213. The molecule has 0 unspecified atom stereocenters. The number of hydrogen-bond donors (Lipinski definition) is 3. The molecule has 6 rings (SSSR count). The molecule has 0 radical (unpaired) electrons. The zero-order chi connectivity index (χ0) is 21.1. The fraction of sp³-hybridized carbons (Fsp3) is 0.792. The van der Waals surface area contributed by atoms with Crippen LogP contribution < -0.4 is 5.63 Å². The van der Waals surface area contributed by atoms with Gasteiger partial charge in [-0.3, -0.25) is 0 Å². The highest BCUT2D eigenvalue weighted by Gasteiger charge is 2.84. The zero-order valence-corrected chi connectivity index (χ0v) is 17.7. The van der Waals surface area contributed by atoms with E-state index in [1.165, 1.54) is 12.3 Å². The second-order valence-corrected chi connectivity index (χ2v) is 11.2. The minimum Gasteiger partial charge on any atom is -0.431 e. The molecule has 30 heavy (non-hydrogen) atoms. The Hall–Kier alpha value is -1.21. The van der Waals surface area contributed by atoms with Crippen LogP contribution in [-0.2, 0) is 4.74 Å². The first-order chi connectivity index (χ1) is 14.2. The smallest absolute Gasteiger partial charge is 0.335 e. The average Bonchev–Trinajstić information content (AvgIpc) is 3.35. The van der Waals surface area contributed by atoms with E-state index in [9.17, 15) is 20.1 Å². The van der Waals surface area contributed by atoms with E-state index in [-0.39, 0.29) is 46.9 Å². The van der Waals surface area contributed by atoms with Crippen molar-refractivity contribution in [2.75, 3.05) is 0 Å². The van der Waals surface area contributed by atoms with Crippen molar-refractivity contribution in [3.8, 4) is 0 Å². The lowest BCUT2D eigenvalue weighted by Crippen LogP contribution is -2.66. The van der Waals surface area contributed by atoms with E-state index >= 15 is 0 Å². The summed E-state index contributed by atoms with van der Waals surface area (Å²) in [5.74, 6) is 0.484. The predicted octanol–water partition coefficient (Wildman–Crippen LogP) is 2.20. The Balaban J connectivity index is 1.42. The summed E-state index contributed by atoms with van der Waals surface area (Å²) in [6.07, 6.45) is 4.82. The molecule has 164 valence electrons. The minimum absolute atomic E-state index is 0.00638. The first kappa shape index (κ1) is 19.5. The van der Waals surface area contributed by atoms with Crippen LogP contribution in [0.5, 0.6) is 0 Å². The van der Waals surface area contributed by atoms with Gasteiger partial charge in [-0.2, -0.15) is 0 Å². The van der Waals surface area contributed by atoms with Gasteiger partial charge in [0.15, 0.2) is 0 Å². The van der Waals surface area contributed by atoms with Gasteiger partial charge in [0.05, 0.1) is 30.7 Å². The van der Waals surface area contributed by atoms with Crippen LogP contribution in [0.3, 0.4) is 0 Å². The van der Waals surface area contributed by atoms with Crippen LogP contribution in [0, 0.1) is 28.6 Å². The van der Waals surface area contributed by atoms with Crippen molar-refractivity contribution in [3.05, 3.63) is 34.4 Å². The van der Waals surface area contributed by atoms with Crippen LogP contribution in [0.2, 0.25) is 0 Å². The van der Waals surface area contributed by atoms with Crippen molar-refractivity contribution < 1.29 is 24.5 Å². The Morgan fingerprint density at radius 2 is 1.87 bits per heavy atom. The highest BCUT2D eigenvalue weighted by molar-refractivity contribution is 5.37. The lowest BCUT2D eigenvalue weighted by atomic mass is 9.42. The highest BCUT2D eigenvalue weighted by atomic mass is 16.6. The summed E-state index contributed by atoms with van der Waals surface area (Å²) in [5.41, 5.74) is -0.492.